The summed E-state index contributed by atoms with van der Waals surface area (Å²) in [6.07, 6.45) is 3.63. The van der Waals surface area contributed by atoms with Gasteiger partial charge >= 0.3 is 0 Å². The van der Waals surface area contributed by atoms with Gasteiger partial charge in [0.05, 0.1) is 33.8 Å². The van der Waals surface area contributed by atoms with Crippen LogP contribution in [0.15, 0.2) is 146 Å². The topological polar surface area (TPSA) is 32.3 Å². The number of benzene rings is 7. The van der Waals surface area contributed by atoms with Crippen molar-refractivity contribution in [2.24, 2.45) is 0 Å². The zero-order valence-corrected chi connectivity index (χ0v) is 28.6. The Kier molecular flexibility index (Phi) is 5.94. The molecule has 0 fully saturated rings. The molecule has 240 valence electrons. The van der Waals surface area contributed by atoms with Gasteiger partial charge in [-0.25, -0.2) is 0 Å². The van der Waals surface area contributed by atoms with Crippen LogP contribution in [0.2, 0.25) is 0 Å². The molecule has 7 aromatic carbocycles. The van der Waals surface area contributed by atoms with E-state index in [1.54, 1.807) is 0 Å². The van der Waals surface area contributed by atoms with Crippen LogP contribution in [-0.2, 0) is 10.8 Å². The summed E-state index contributed by atoms with van der Waals surface area (Å²) in [7, 11) is 0. The summed E-state index contributed by atoms with van der Waals surface area (Å²) in [5.74, 6) is 0. The van der Waals surface area contributed by atoms with Crippen LogP contribution >= 0.6 is 0 Å². The standard InChI is InChI=1S/C46H36N4/c1-45(2)35-13-5-9-17-39(35)49(40-18-10-6-14-36(40)45)29-21-23-31-32-24-22-30(28-34(32)44-43(33(31)27-29)47-25-26-48-44)50-41-19-11-7-15-37(41)46(3,4)38-16-8-12-20-42(38)50/h5-28H,1-4H3. The Balaban J connectivity index is 1.20. The largest absolute Gasteiger partial charge is 0.310 e. The van der Waals surface area contributed by atoms with E-state index in [-0.39, 0.29) is 10.8 Å². The first-order valence-corrected chi connectivity index (χ1v) is 17.4. The summed E-state index contributed by atoms with van der Waals surface area (Å²) < 4.78 is 0. The van der Waals surface area contributed by atoms with Crippen LogP contribution in [0, 0.1) is 0 Å². The maximum absolute atomic E-state index is 5.00. The Morgan fingerprint density at radius 3 is 1.04 bits per heavy atom. The molecule has 1 aromatic heterocycles. The third kappa shape index (κ3) is 3.87. The summed E-state index contributed by atoms with van der Waals surface area (Å²) >= 11 is 0. The van der Waals surface area contributed by atoms with Crippen molar-refractivity contribution in [1.29, 1.82) is 0 Å². The first kappa shape index (κ1) is 29.0. The number of fused-ring (bicyclic) bond motifs is 10. The molecule has 0 atom stereocenters. The quantitative estimate of drug-likeness (QED) is 0.175. The van der Waals surface area contributed by atoms with Gasteiger partial charge in [-0.2, -0.15) is 0 Å². The predicted molar refractivity (Wildman–Crippen MR) is 208 cm³/mol. The van der Waals surface area contributed by atoms with Crippen molar-refractivity contribution >= 4 is 66.7 Å². The van der Waals surface area contributed by atoms with Crippen molar-refractivity contribution in [3.63, 3.8) is 0 Å². The molecule has 0 amide bonds. The Hall–Kier alpha value is -6.00. The molecule has 0 radical (unpaired) electrons. The van der Waals surface area contributed by atoms with Gasteiger partial charge in [0.15, 0.2) is 0 Å². The molecule has 0 aliphatic carbocycles. The molecule has 0 N–H and O–H groups in total. The molecule has 4 nitrogen and oxygen atoms in total. The highest BCUT2D eigenvalue weighted by atomic mass is 15.2. The molecule has 0 unspecified atom stereocenters. The van der Waals surface area contributed by atoms with Crippen LogP contribution in [0.5, 0.6) is 0 Å². The van der Waals surface area contributed by atoms with Crippen LogP contribution in [-0.4, -0.2) is 9.97 Å². The molecule has 3 heterocycles. The fourth-order valence-corrected chi connectivity index (χ4v) is 8.83. The third-order valence-electron chi connectivity index (χ3n) is 11.3. The predicted octanol–water partition coefficient (Wildman–Crippen LogP) is 12.2. The second-order valence-corrected chi connectivity index (χ2v) is 14.7. The molecule has 8 aromatic rings. The number of anilines is 6. The van der Waals surface area contributed by atoms with Crippen LogP contribution < -0.4 is 9.80 Å². The lowest BCUT2D eigenvalue weighted by atomic mass is 9.73. The summed E-state index contributed by atoms with van der Waals surface area (Å²) in [6.45, 7) is 9.31. The molecular formula is C46H36N4. The second-order valence-electron chi connectivity index (χ2n) is 14.7. The molecule has 0 spiro atoms. The lowest BCUT2D eigenvalue weighted by molar-refractivity contribution is 0.632. The highest BCUT2D eigenvalue weighted by Crippen LogP contribution is 2.54. The average molecular weight is 645 g/mol. The first-order chi connectivity index (χ1) is 24.3. The van der Waals surface area contributed by atoms with Gasteiger partial charge in [-0.1, -0.05) is 113 Å². The number of hydrogen-bond acceptors (Lipinski definition) is 4. The Morgan fingerprint density at radius 1 is 0.380 bits per heavy atom. The van der Waals surface area contributed by atoms with E-state index in [1.165, 1.54) is 55.8 Å². The molecule has 50 heavy (non-hydrogen) atoms. The van der Waals surface area contributed by atoms with E-state index in [2.05, 4.69) is 171 Å². The zero-order valence-electron chi connectivity index (χ0n) is 28.6. The Bertz CT molecular complexity index is 2380. The van der Waals surface area contributed by atoms with Crippen LogP contribution in [0.25, 0.3) is 32.6 Å². The molecule has 2 aliphatic heterocycles. The number of para-hydroxylation sites is 4. The van der Waals surface area contributed by atoms with Crippen molar-refractivity contribution < 1.29 is 0 Å². The third-order valence-corrected chi connectivity index (χ3v) is 11.3. The maximum Gasteiger partial charge on any atom is 0.0972 e. The molecule has 0 saturated carbocycles. The maximum atomic E-state index is 5.00. The van der Waals surface area contributed by atoms with Crippen LogP contribution in [0.1, 0.15) is 49.9 Å². The van der Waals surface area contributed by atoms with Crippen molar-refractivity contribution in [1.82, 2.24) is 9.97 Å². The van der Waals surface area contributed by atoms with E-state index in [9.17, 15) is 0 Å². The van der Waals surface area contributed by atoms with Crippen LogP contribution in [0.4, 0.5) is 34.1 Å². The van der Waals surface area contributed by atoms with Gasteiger partial charge in [-0.3, -0.25) is 9.97 Å². The van der Waals surface area contributed by atoms with Crippen molar-refractivity contribution in [3.8, 4) is 0 Å². The van der Waals surface area contributed by atoms with Crippen molar-refractivity contribution in [2.75, 3.05) is 9.80 Å². The minimum Gasteiger partial charge on any atom is -0.310 e. The fraction of sp³-hybridized carbons (Fsp3) is 0.130. The van der Waals surface area contributed by atoms with Gasteiger partial charge in [0.1, 0.15) is 0 Å². The van der Waals surface area contributed by atoms with E-state index >= 15 is 0 Å². The van der Waals surface area contributed by atoms with Gasteiger partial charge in [0, 0.05) is 45.4 Å². The fourth-order valence-electron chi connectivity index (χ4n) is 8.83. The summed E-state index contributed by atoms with van der Waals surface area (Å²) in [6, 6.07) is 48.9. The molecule has 4 heteroatoms. The lowest BCUT2D eigenvalue weighted by Gasteiger charge is -2.42. The van der Waals surface area contributed by atoms with E-state index < -0.39 is 0 Å². The molecular weight excluding hydrogens is 609 g/mol. The summed E-state index contributed by atoms with van der Waals surface area (Å²) in [5, 5.41) is 4.53. The van der Waals surface area contributed by atoms with Crippen molar-refractivity contribution in [3.05, 3.63) is 168 Å². The minimum absolute atomic E-state index is 0.113. The summed E-state index contributed by atoms with van der Waals surface area (Å²) in [4.78, 5) is 14.8. The van der Waals surface area contributed by atoms with E-state index in [1.807, 2.05) is 12.4 Å². The highest BCUT2D eigenvalue weighted by molar-refractivity contribution is 6.24. The number of nitrogens with zero attached hydrogens (tertiary/aromatic N) is 4. The van der Waals surface area contributed by atoms with Gasteiger partial charge in [0.25, 0.3) is 0 Å². The SMILES string of the molecule is CC1(C)c2ccccc2N(c2ccc3c4ccc(N5c6ccccc6C(C)(C)c6ccccc65)cc4c4nccnc4c3c2)c2ccccc21. The zero-order chi connectivity index (χ0) is 33.8. The van der Waals surface area contributed by atoms with E-state index in [0.29, 0.717) is 0 Å². The van der Waals surface area contributed by atoms with Crippen LogP contribution in [0.3, 0.4) is 0 Å². The molecule has 10 rings (SSSR count). The van der Waals surface area contributed by atoms with E-state index in [0.717, 1.165) is 33.2 Å². The highest BCUT2D eigenvalue weighted by Gasteiger charge is 2.38. The van der Waals surface area contributed by atoms with Gasteiger partial charge < -0.3 is 9.80 Å². The smallest absolute Gasteiger partial charge is 0.0972 e. The average Bonchev–Trinajstić information content (AvgIpc) is 3.15. The van der Waals surface area contributed by atoms with Gasteiger partial charge in [-0.05, 0) is 81.6 Å². The Morgan fingerprint density at radius 2 is 0.700 bits per heavy atom. The number of aromatic nitrogens is 2. The van der Waals surface area contributed by atoms with E-state index in [4.69, 9.17) is 9.97 Å². The van der Waals surface area contributed by atoms with Crippen molar-refractivity contribution in [2.45, 2.75) is 38.5 Å². The lowest BCUT2D eigenvalue weighted by Crippen LogP contribution is -2.30. The Labute approximate surface area is 292 Å². The number of hydrogen-bond donors (Lipinski definition) is 0. The summed E-state index contributed by atoms with van der Waals surface area (Å²) in [5.41, 5.74) is 13.9. The van der Waals surface area contributed by atoms with Gasteiger partial charge in [0.2, 0.25) is 0 Å². The minimum atomic E-state index is -0.113. The molecule has 2 aliphatic rings. The first-order valence-electron chi connectivity index (χ1n) is 17.4. The second kappa shape index (κ2) is 10.3. The number of rotatable bonds is 2. The van der Waals surface area contributed by atoms with Gasteiger partial charge in [-0.15, -0.1) is 0 Å². The normalized spacial score (nSPS) is 15.4. The molecule has 0 bridgehead atoms. The molecule has 0 saturated heterocycles. The monoisotopic (exact) mass is 644 g/mol.